The lowest BCUT2D eigenvalue weighted by Gasteiger charge is -2.16. The highest BCUT2D eigenvalue weighted by molar-refractivity contribution is 6.30. The molecule has 0 heterocycles. The van der Waals surface area contributed by atoms with E-state index in [-0.39, 0.29) is 0 Å². The fourth-order valence-corrected chi connectivity index (χ4v) is 1.18. The van der Waals surface area contributed by atoms with Crippen molar-refractivity contribution >= 4 is 23.4 Å². The number of nitrogens with zero attached hydrogens (tertiary/aromatic N) is 1. The third-order valence-corrected chi connectivity index (χ3v) is 1.94. The van der Waals surface area contributed by atoms with E-state index >= 15 is 0 Å². The van der Waals surface area contributed by atoms with Crippen LogP contribution in [0.4, 0.5) is 10.5 Å². The van der Waals surface area contributed by atoms with Crippen LogP contribution in [0.5, 0.6) is 0 Å². The second kappa shape index (κ2) is 4.14. The number of anilines is 1. The van der Waals surface area contributed by atoms with E-state index < -0.39 is 6.09 Å². The van der Waals surface area contributed by atoms with E-state index in [0.29, 0.717) is 17.3 Å². The molecule has 1 N–H and O–H groups in total. The number of hydrogen-bond donors (Lipinski definition) is 1. The first kappa shape index (κ1) is 9.86. The van der Waals surface area contributed by atoms with E-state index in [1.54, 1.807) is 31.2 Å². The molecule has 1 rings (SSSR count). The maximum Gasteiger partial charge on any atom is 0.411 e. The number of halogens is 1. The van der Waals surface area contributed by atoms with Gasteiger partial charge < -0.3 is 5.11 Å². The van der Waals surface area contributed by atoms with Crippen molar-refractivity contribution in [3.8, 4) is 0 Å². The summed E-state index contributed by atoms with van der Waals surface area (Å²) in [5.41, 5.74) is 0.638. The molecule has 0 aromatic heterocycles. The van der Waals surface area contributed by atoms with E-state index in [9.17, 15) is 4.79 Å². The zero-order chi connectivity index (χ0) is 9.84. The van der Waals surface area contributed by atoms with Crippen molar-refractivity contribution in [2.75, 3.05) is 11.4 Å². The third kappa shape index (κ3) is 2.36. The predicted molar refractivity (Wildman–Crippen MR) is 52.5 cm³/mol. The summed E-state index contributed by atoms with van der Waals surface area (Å²) in [5.74, 6) is 0. The maximum absolute atomic E-state index is 10.7. The van der Waals surface area contributed by atoms with Crippen LogP contribution in [0.15, 0.2) is 24.3 Å². The summed E-state index contributed by atoms with van der Waals surface area (Å²) in [6.45, 7) is 2.21. The van der Waals surface area contributed by atoms with Gasteiger partial charge in [-0.25, -0.2) is 4.79 Å². The van der Waals surface area contributed by atoms with Gasteiger partial charge in [0.1, 0.15) is 0 Å². The number of carbonyl (C=O) groups is 1. The fraction of sp³-hybridized carbons (Fsp3) is 0.222. The normalized spacial score (nSPS) is 9.69. The van der Waals surface area contributed by atoms with E-state index in [1.807, 2.05) is 0 Å². The van der Waals surface area contributed by atoms with Crippen molar-refractivity contribution in [3.63, 3.8) is 0 Å². The average Bonchev–Trinajstić information content (AvgIpc) is 2.09. The lowest BCUT2D eigenvalue weighted by Crippen LogP contribution is -2.28. The molecule has 0 aliphatic heterocycles. The molecule has 4 heteroatoms. The molecule has 0 saturated heterocycles. The van der Waals surface area contributed by atoms with Gasteiger partial charge in [-0.15, -0.1) is 0 Å². The topological polar surface area (TPSA) is 40.5 Å². The first-order valence-corrected chi connectivity index (χ1v) is 4.29. The van der Waals surface area contributed by atoms with Gasteiger partial charge in [0.25, 0.3) is 0 Å². The van der Waals surface area contributed by atoms with Gasteiger partial charge in [-0.1, -0.05) is 11.6 Å². The van der Waals surface area contributed by atoms with Crippen LogP contribution in [0.2, 0.25) is 5.02 Å². The molecule has 0 unspecified atom stereocenters. The average molecular weight is 200 g/mol. The Morgan fingerprint density at radius 2 is 2.00 bits per heavy atom. The monoisotopic (exact) mass is 199 g/mol. The van der Waals surface area contributed by atoms with Crippen molar-refractivity contribution < 1.29 is 9.90 Å². The van der Waals surface area contributed by atoms with E-state index in [2.05, 4.69) is 0 Å². The first-order chi connectivity index (χ1) is 6.15. The zero-order valence-electron chi connectivity index (χ0n) is 7.20. The number of carboxylic acid groups (broad SMARTS) is 1. The minimum atomic E-state index is -0.954. The summed E-state index contributed by atoms with van der Waals surface area (Å²) in [7, 11) is 0. The Hall–Kier alpha value is -1.22. The Morgan fingerprint density at radius 3 is 2.38 bits per heavy atom. The second-order valence-electron chi connectivity index (χ2n) is 2.50. The second-order valence-corrected chi connectivity index (χ2v) is 2.94. The molecule has 3 nitrogen and oxygen atoms in total. The Kier molecular flexibility index (Phi) is 3.14. The molecule has 1 amide bonds. The molecule has 0 aliphatic rings. The number of amides is 1. The van der Waals surface area contributed by atoms with Gasteiger partial charge in [0.15, 0.2) is 0 Å². The van der Waals surface area contributed by atoms with Crippen LogP contribution >= 0.6 is 11.6 Å². The highest BCUT2D eigenvalue weighted by Crippen LogP contribution is 2.17. The van der Waals surface area contributed by atoms with Gasteiger partial charge in [0.2, 0.25) is 0 Å². The maximum atomic E-state index is 10.7. The van der Waals surface area contributed by atoms with Crippen molar-refractivity contribution in [1.82, 2.24) is 0 Å². The Bertz CT molecular complexity index is 297. The molecule has 1 aromatic rings. The van der Waals surface area contributed by atoms with Crippen LogP contribution in [-0.4, -0.2) is 17.7 Å². The van der Waals surface area contributed by atoms with Gasteiger partial charge >= 0.3 is 6.09 Å². The van der Waals surface area contributed by atoms with Crippen molar-refractivity contribution in [2.24, 2.45) is 0 Å². The molecule has 0 radical (unpaired) electrons. The van der Waals surface area contributed by atoms with Gasteiger partial charge in [-0.3, -0.25) is 4.90 Å². The number of benzene rings is 1. The van der Waals surface area contributed by atoms with Crippen LogP contribution in [0.25, 0.3) is 0 Å². The van der Waals surface area contributed by atoms with Crippen LogP contribution < -0.4 is 4.90 Å². The third-order valence-electron chi connectivity index (χ3n) is 1.69. The van der Waals surface area contributed by atoms with Crippen molar-refractivity contribution in [3.05, 3.63) is 29.3 Å². The predicted octanol–water partition coefficient (Wildman–Crippen LogP) is 2.84. The molecule has 13 heavy (non-hydrogen) atoms. The summed E-state index contributed by atoms with van der Waals surface area (Å²) in [4.78, 5) is 12.0. The minimum Gasteiger partial charge on any atom is -0.465 e. The van der Waals surface area contributed by atoms with Crippen LogP contribution in [0.1, 0.15) is 6.92 Å². The summed E-state index contributed by atoms with van der Waals surface area (Å²) in [5, 5.41) is 9.39. The largest absolute Gasteiger partial charge is 0.465 e. The summed E-state index contributed by atoms with van der Waals surface area (Å²) >= 11 is 5.67. The highest BCUT2D eigenvalue weighted by atomic mass is 35.5. The molecule has 70 valence electrons. The molecule has 0 atom stereocenters. The molecule has 0 saturated carbocycles. The highest BCUT2D eigenvalue weighted by Gasteiger charge is 2.10. The van der Waals surface area contributed by atoms with Gasteiger partial charge in [-0.05, 0) is 31.2 Å². The number of rotatable bonds is 2. The van der Waals surface area contributed by atoms with E-state index in [4.69, 9.17) is 16.7 Å². The zero-order valence-corrected chi connectivity index (χ0v) is 7.95. The molecular formula is C9H10ClNO2. The van der Waals surface area contributed by atoms with Crippen molar-refractivity contribution in [2.45, 2.75) is 6.92 Å². The Balaban J connectivity index is 2.92. The fourth-order valence-electron chi connectivity index (χ4n) is 1.05. The molecule has 1 aromatic carbocycles. The molecule has 0 fully saturated rings. The number of hydrogen-bond acceptors (Lipinski definition) is 1. The standard InChI is InChI=1S/C9H10ClNO2/c1-2-11(9(12)13)8-5-3-7(10)4-6-8/h3-6H,2H2,1H3,(H,12,13). The van der Waals surface area contributed by atoms with Crippen molar-refractivity contribution in [1.29, 1.82) is 0 Å². The Labute approximate surface area is 81.5 Å². The van der Waals surface area contributed by atoms with E-state index in [0.717, 1.165) is 0 Å². The molecule has 0 aliphatic carbocycles. The SMILES string of the molecule is CCN(C(=O)O)c1ccc(Cl)cc1. The summed E-state index contributed by atoms with van der Waals surface area (Å²) in [6, 6.07) is 6.70. The Morgan fingerprint density at radius 1 is 1.46 bits per heavy atom. The molecule has 0 bridgehead atoms. The van der Waals surface area contributed by atoms with E-state index in [1.165, 1.54) is 4.90 Å². The van der Waals surface area contributed by atoms with Crippen LogP contribution in [0, 0.1) is 0 Å². The van der Waals surface area contributed by atoms with Gasteiger partial charge in [-0.2, -0.15) is 0 Å². The quantitative estimate of drug-likeness (QED) is 0.796. The lowest BCUT2D eigenvalue weighted by molar-refractivity contribution is 0.202. The van der Waals surface area contributed by atoms with Gasteiger partial charge in [0.05, 0.1) is 0 Å². The van der Waals surface area contributed by atoms with Crippen LogP contribution in [-0.2, 0) is 0 Å². The summed E-state index contributed by atoms with van der Waals surface area (Å²) in [6.07, 6.45) is -0.954. The minimum absolute atomic E-state index is 0.428. The molecule has 0 spiro atoms. The first-order valence-electron chi connectivity index (χ1n) is 3.91. The summed E-state index contributed by atoms with van der Waals surface area (Å²) < 4.78 is 0. The van der Waals surface area contributed by atoms with Gasteiger partial charge in [0, 0.05) is 17.3 Å². The smallest absolute Gasteiger partial charge is 0.411 e. The lowest BCUT2D eigenvalue weighted by atomic mass is 10.3. The van der Waals surface area contributed by atoms with Crippen LogP contribution in [0.3, 0.4) is 0 Å². The molecular weight excluding hydrogens is 190 g/mol.